The molecule has 0 saturated carbocycles. The molecule has 0 radical (unpaired) electrons. The molecule has 0 aromatic carbocycles. The third kappa shape index (κ3) is 2.50. The Labute approximate surface area is 103 Å². The molecular formula is C11H10ClN3O2. The molecule has 0 saturated heterocycles. The van der Waals surface area contributed by atoms with Crippen molar-refractivity contribution in [1.29, 1.82) is 0 Å². The smallest absolute Gasteiger partial charge is 0.312 e. The fourth-order valence-electron chi connectivity index (χ4n) is 1.48. The maximum absolute atomic E-state index is 11.4. The second-order valence-corrected chi connectivity index (χ2v) is 3.68. The van der Waals surface area contributed by atoms with E-state index in [1.54, 1.807) is 25.3 Å². The van der Waals surface area contributed by atoms with E-state index in [0.29, 0.717) is 23.2 Å². The zero-order valence-electron chi connectivity index (χ0n) is 9.18. The molecule has 0 aliphatic carbocycles. The van der Waals surface area contributed by atoms with E-state index in [9.17, 15) is 4.79 Å². The molecule has 2 heterocycles. The van der Waals surface area contributed by atoms with E-state index in [2.05, 4.69) is 15.2 Å². The Morgan fingerprint density at radius 1 is 1.47 bits per heavy atom. The lowest BCUT2D eigenvalue weighted by atomic mass is 10.2. The Bertz CT molecular complexity index is 559. The van der Waals surface area contributed by atoms with Gasteiger partial charge in [-0.3, -0.25) is 9.78 Å². The molecule has 2 aromatic heterocycles. The third-order valence-corrected chi connectivity index (χ3v) is 2.46. The Morgan fingerprint density at radius 3 is 3.06 bits per heavy atom. The maximum Gasteiger partial charge on any atom is 0.312 e. The summed E-state index contributed by atoms with van der Waals surface area (Å²) in [7, 11) is 0. The van der Waals surface area contributed by atoms with Crippen LogP contribution in [0.3, 0.4) is 0 Å². The van der Waals surface area contributed by atoms with E-state index in [1.807, 2.05) is 0 Å². The summed E-state index contributed by atoms with van der Waals surface area (Å²) < 4.78 is 4.86. The fraction of sp³-hybridized carbons (Fsp3) is 0.273. The molecule has 2 aromatic rings. The molecular weight excluding hydrogens is 242 g/mol. The molecule has 17 heavy (non-hydrogen) atoms. The molecule has 0 atom stereocenters. The number of nitrogens with zero attached hydrogens (tertiary/aromatic N) is 3. The van der Waals surface area contributed by atoms with Crippen molar-refractivity contribution in [3.05, 3.63) is 29.2 Å². The molecule has 2 rings (SSSR count). The predicted octanol–water partition coefficient (Wildman–Crippen LogP) is 1.78. The van der Waals surface area contributed by atoms with Gasteiger partial charge in [-0.05, 0) is 19.1 Å². The Balaban J connectivity index is 2.41. The average molecular weight is 252 g/mol. The number of hydrogen-bond donors (Lipinski definition) is 0. The van der Waals surface area contributed by atoms with Crippen LogP contribution in [0.5, 0.6) is 0 Å². The normalized spacial score (nSPS) is 10.5. The first-order valence-corrected chi connectivity index (χ1v) is 5.51. The number of fused-ring (bicyclic) bond motifs is 1. The van der Waals surface area contributed by atoms with Crippen LogP contribution in [0.2, 0.25) is 5.15 Å². The second-order valence-electron chi connectivity index (χ2n) is 3.32. The van der Waals surface area contributed by atoms with Crippen LogP contribution in [0.1, 0.15) is 12.6 Å². The summed E-state index contributed by atoms with van der Waals surface area (Å²) in [5.41, 5.74) is 1.06. The van der Waals surface area contributed by atoms with Gasteiger partial charge >= 0.3 is 5.97 Å². The van der Waals surface area contributed by atoms with Crippen LogP contribution in [0.15, 0.2) is 18.3 Å². The summed E-state index contributed by atoms with van der Waals surface area (Å²) in [6, 6.07) is 3.54. The first-order chi connectivity index (χ1) is 8.22. The van der Waals surface area contributed by atoms with Crippen LogP contribution < -0.4 is 0 Å². The number of aromatic nitrogens is 3. The Hall–Kier alpha value is -1.75. The first-order valence-electron chi connectivity index (χ1n) is 5.13. The minimum absolute atomic E-state index is 0.0471. The quantitative estimate of drug-likeness (QED) is 0.778. The van der Waals surface area contributed by atoms with E-state index in [4.69, 9.17) is 16.3 Å². The summed E-state index contributed by atoms with van der Waals surface area (Å²) in [4.78, 5) is 15.6. The minimum Gasteiger partial charge on any atom is -0.466 e. The van der Waals surface area contributed by atoms with Gasteiger partial charge < -0.3 is 4.74 Å². The van der Waals surface area contributed by atoms with Crippen molar-refractivity contribution in [2.75, 3.05) is 6.61 Å². The zero-order chi connectivity index (χ0) is 12.3. The van der Waals surface area contributed by atoms with Crippen molar-refractivity contribution >= 4 is 28.5 Å². The van der Waals surface area contributed by atoms with E-state index in [0.717, 1.165) is 0 Å². The van der Waals surface area contributed by atoms with Crippen LogP contribution in [-0.4, -0.2) is 27.8 Å². The van der Waals surface area contributed by atoms with Crippen LogP contribution >= 0.6 is 11.6 Å². The van der Waals surface area contributed by atoms with E-state index >= 15 is 0 Å². The monoisotopic (exact) mass is 251 g/mol. The Morgan fingerprint density at radius 2 is 2.29 bits per heavy atom. The van der Waals surface area contributed by atoms with Gasteiger partial charge in [0.1, 0.15) is 5.69 Å². The number of carbonyl (C=O) groups is 1. The lowest BCUT2D eigenvalue weighted by Crippen LogP contribution is -2.10. The highest BCUT2D eigenvalue weighted by molar-refractivity contribution is 6.34. The largest absolute Gasteiger partial charge is 0.466 e. The van der Waals surface area contributed by atoms with Crippen LogP contribution in [0, 0.1) is 0 Å². The summed E-state index contributed by atoms with van der Waals surface area (Å²) in [5, 5.41) is 8.63. The van der Waals surface area contributed by atoms with Crippen molar-refractivity contribution in [2.24, 2.45) is 0 Å². The summed E-state index contributed by atoms with van der Waals surface area (Å²) >= 11 is 5.90. The topological polar surface area (TPSA) is 65.0 Å². The fourth-order valence-corrected chi connectivity index (χ4v) is 1.67. The van der Waals surface area contributed by atoms with Gasteiger partial charge in [0.2, 0.25) is 0 Å². The van der Waals surface area contributed by atoms with Gasteiger partial charge in [0.05, 0.1) is 18.5 Å². The van der Waals surface area contributed by atoms with Crippen molar-refractivity contribution in [3.63, 3.8) is 0 Å². The second kappa shape index (κ2) is 5.05. The molecule has 0 N–H and O–H groups in total. The van der Waals surface area contributed by atoms with Crippen molar-refractivity contribution in [3.8, 4) is 0 Å². The number of ether oxygens (including phenoxy) is 1. The van der Waals surface area contributed by atoms with Gasteiger partial charge in [0, 0.05) is 11.6 Å². The minimum atomic E-state index is -0.351. The number of hydrogen-bond acceptors (Lipinski definition) is 5. The van der Waals surface area contributed by atoms with Crippen LogP contribution in [0.25, 0.3) is 10.9 Å². The van der Waals surface area contributed by atoms with Gasteiger partial charge in [0.25, 0.3) is 0 Å². The number of pyridine rings is 1. The maximum atomic E-state index is 11.4. The van der Waals surface area contributed by atoms with Crippen molar-refractivity contribution in [2.45, 2.75) is 13.3 Å². The molecule has 0 unspecified atom stereocenters. The number of halogens is 1. The van der Waals surface area contributed by atoms with Gasteiger partial charge in [-0.2, -0.15) is 5.10 Å². The summed E-state index contributed by atoms with van der Waals surface area (Å²) in [6.07, 6.45) is 1.67. The van der Waals surface area contributed by atoms with Crippen molar-refractivity contribution < 1.29 is 9.53 Å². The Kier molecular flexibility index (Phi) is 3.49. The predicted molar refractivity (Wildman–Crippen MR) is 62.7 cm³/mol. The number of rotatable bonds is 3. The number of carbonyl (C=O) groups excluding carboxylic acids is 1. The highest BCUT2D eigenvalue weighted by atomic mass is 35.5. The highest BCUT2D eigenvalue weighted by Crippen LogP contribution is 2.20. The molecule has 5 nitrogen and oxygen atoms in total. The van der Waals surface area contributed by atoms with Gasteiger partial charge in [0.15, 0.2) is 5.15 Å². The first kappa shape index (κ1) is 11.7. The molecule has 0 bridgehead atoms. The standard InChI is InChI=1S/C11H10ClN3O2/c1-2-17-9(16)6-8-10-7(4-3-5-13-10)11(12)15-14-8/h3-5H,2,6H2,1H3. The molecule has 6 heteroatoms. The van der Waals surface area contributed by atoms with Crippen molar-refractivity contribution in [1.82, 2.24) is 15.2 Å². The summed E-state index contributed by atoms with van der Waals surface area (Å²) in [5.74, 6) is -0.351. The van der Waals surface area contributed by atoms with Gasteiger partial charge in [-0.1, -0.05) is 11.6 Å². The lowest BCUT2D eigenvalue weighted by Gasteiger charge is -2.04. The zero-order valence-corrected chi connectivity index (χ0v) is 9.94. The van der Waals surface area contributed by atoms with Gasteiger partial charge in [-0.15, -0.1) is 5.10 Å². The lowest BCUT2D eigenvalue weighted by molar-refractivity contribution is -0.142. The SMILES string of the molecule is CCOC(=O)Cc1nnc(Cl)c2cccnc12. The van der Waals surface area contributed by atoms with Crippen LogP contribution in [-0.2, 0) is 16.0 Å². The molecule has 0 aliphatic heterocycles. The van der Waals surface area contributed by atoms with Crippen LogP contribution in [0.4, 0.5) is 0 Å². The van der Waals surface area contributed by atoms with E-state index in [1.165, 1.54) is 0 Å². The molecule has 0 amide bonds. The number of esters is 1. The molecule has 0 spiro atoms. The molecule has 0 aliphatic rings. The summed E-state index contributed by atoms with van der Waals surface area (Å²) in [6.45, 7) is 2.09. The molecule has 88 valence electrons. The third-order valence-electron chi connectivity index (χ3n) is 2.18. The molecule has 0 fully saturated rings. The van der Waals surface area contributed by atoms with E-state index < -0.39 is 0 Å². The average Bonchev–Trinajstić information content (AvgIpc) is 2.34. The van der Waals surface area contributed by atoms with Gasteiger partial charge in [-0.25, -0.2) is 0 Å². The van der Waals surface area contributed by atoms with E-state index in [-0.39, 0.29) is 17.5 Å². The highest BCUT2D eigenvalue weighted by Gasteiger charge is 2.12.